The normalized spacial score (nSPS) is 23.2. The van der Waals surface area contributed by atoms with Gasteiger partial charge >= 0.3 is 5.97 Å². The van der Waals surface area contributed by atoms with Crippen LogP contribution in [0.2, 0.25) is 0 Å². The zero-order valence-corrected chi connectivity index (χ0v) is 29.1. The highest BCUT2D eigenvalue weighted by Crippen LogP contribution is 2.16. The highest BCUT2D eigenvalue weighted by Gasteiger charge is 2.34. The number of unbranched alkanes of at least 4 members (excludes halogenated alkanes) is 2. The standard InChI is InChI=1S/C38H54N4O6/c1-6-7-10-19-29-24-34(43)39-30(20-25(2)3)35(44)41-32(22-27-15-11-8-12-16-27)37(46)40-31(21-26(4)5)36(45)42-33(38(47)48-29)23-28-17-13-9-14-18-28/h8-9,11-18,25-26,29-33H,6-7,10,19-24H2,1-5H3,(H,39,43)(H,40,46)(H,41,44)(H,42,45). The van der Waals surface area contributed by atoms with Crippen molar-refractivity contribution in [3.63, 3.8) is 0 Å². The van der Waals surface area contributed by atoms with E-state index in [9.17, 15) is 24.0 Å². The number of carbonyl (C=O) groups is 5. The summed E-state index contributed by atoms with van der Waals surface area (Å²) in [5.41, 5.74) is 1.64. The molecule has 0 aliphatic carbocycles. The van der Waals surface area contributed by atoms with Crippen LogP contribution in [0.4, 0.5) is 0 Å². The van der Waals surface area contributed by atoms with Crippen molar-refractivity contribution in [1.29, 1.82) is 0 Å². The van der Waals surface area contributed by atoms with E-state index in [2.05, 4.69) is 28.2 Å². The van der Waals surface area contributed by atoms with Crippen molar-refractivity contribution in [1.82, 2.24) is 21.3 Å². The number of amides is 4. The average Bonchev–Trinajstić information content (AvgIpc) is 3.03. The Labute approximate surface area is 285 Å². The van der Waals surface area contributed by atoms with Crippen molar-refractivity contribution < 1.29 is 28.7 Å². The van der Waals surface area contributed by atoms with Gasteiger partial charge in [0.25, 0.3) is 0 Å². The van der Waals surface area contributed by atoms with Crippen molar-refractivity contribution in [2.24, 2.45) is 11.8 Å². The minimum absolute atomic E-state index is 0.0296. The second-order valence-electron chi connectivity index (χ2n) is 13.7. The van der Waals surface area contributed by atoms with E-state index in [4.69, 9.17) is 4.74 Å². The quantitative estimate of drug-likeness (QED) is 0.196. The molecule has 1 fully saturated rings. The molecule has 0 radical (unpaired) electrons. The van der Waals surface area contributed by atoms with E-state index in [-0.39, 0.29) is 31.1 Å². The molecule has 2 aromatic carbocycles. The third kappa shape index (κ3) is 13.1. The molecule has 4 N–H and O–H groups in total. The minimum atomic E-state index is -1.05. The largest absolute Gasteiger partial charge is 0.460 e. The lowest BCUT2D eigenvalue weighted by molar-refractivity contribution is -0.155. The lowest BCUT2D eigenvalue weighted by Crippen LogP contribution is -2.59. The van der Waals surface area contributed by atoms with E-state index in [1.54, 1.807) is 0 Å². The molecule has 4 amide bonds. The number of ether oxygens (including phenoxy) is 1. The zero-order chi connectivity index (χ0) is 35.1. The first-order chi connectivity index (χ1) is 22.9. The fourth-order valence-corrected chi connectivity index (χ4v) is 5.86. The van der Waals surface area contributed by atoms with Gasteiger partial charge in [0.15, 0.2) is 0 Å². The highest BCUT2D eigenvalue weighted by molar-refractivity contribution is 5.95. The van der Waals surface area contributed by atoms with E-state index < -0.39 is 59.9 Å². The number of esters is 1. The molecule has 48 heavy (non-hydrogen) atoms. The summed E-state index contributed by atoms with van der Waals surface area (Å²) in [6.45, 7) is 9.85. The van der Waals surface area contributed by atoms with Gasteiger partial charge in [-0.2, -0.15) is 0 Å². The van der Waals surface area contributed by atoms with Gasteiger partial charge in [0.2, 0.25) is 23.6 Å². The Morgan fingerprint density at radius 3 is 1.60 bits per heavy atom. The molecule has 1 aliphatic rings. The van der Waals surface area contributed by atoms with Gasteiger partial charge in [0.05, 0.1) is 6.42 Å². The number of carbonyl (C=O) groups excluding carboxylic acids is 5. The number of cyclic esters (lactones) is 1. The van der Waals surface area contributed by atoms with Crippen LogP contribution in [0.15, 0.2) is 60.7 Å². The Balaban J connectivity index is 2.04. The molecule has 2 aromatic rings. The summed E-state index contributed by atoms with van der Waals surface area (Å²) in [5, 5.41) is 11.5. The second kappa shape index (κ2) is 19.6. The van der Waals surface area contributed by atoms with Crippen LogP contribution in [0.1, 0.15) is 90.7 Å². The summed E-state index contributed by atoms with van der Waals surface area (Å²) in [4.78, 5) is 68.8. The van der Waals surface area contributed by atoms with E-state index in [0.717, 1.165) is 30.4 Å². The molecule has 0 saturated carbocycles. The Hall–Kier alpha value is -4.21. The molecule has 1 saturated heterocycles. The van der Waals surface area contributed by atoms with Gasteiger partial charge in [-0.05, 0) is 48.6 Å². The third-order valence-electron chi connectivity index (χ3n) is 8.32. The molecule has 1 aliphatic heterocycles. The number of hydrogen-bond acceptors (Lipinski definition) is 6. The van der Waals surface area contributed by atoms with Gasteiger partial charge in [0.1, 0.15) is 30.3 Å². The molecular weight excluding hydrogens is 608 g/mol. The SMILES string of the molecule is CCCCCC1CC(=O)NC(CC(C)C)C(=O)NC(Cc2ccccc2)C(=O)NC(CC(C)C)C(=O)NC(Cc2ccccc2)C(=O)O1. The van der Waals surface area contributed by atoms with Crippen LogP contribution in [0.3, 0.4) is 0 Å². The molecular formula is C38H54N4O6. The fraction of sp³-hybridized carbons (Fsp3) is 0.553. The molecule has 262 valence electrons. The molecule has 0 spiro atoms. The Kier molecular flexibility index (Phi) is 15.6. The summed E-state index contributed by atoms with van der Waals surface area (Å²) in [5.74, 6) is -2.54. The summed E-state index contributed by atoms with van der Waals surface area (Å²) in [6.07, 6.45) is 3.18. The topological polar surface area (TPSA) is 143 Å². The highest BCUT2D eigenvalue weighted by atomic mass is 16.5. The van der Waals surface area contributed by atoms with Crippen LogP contribution in [-0.2, 0) is 41.6 Å². The van der Waals surface area contributed by atoms with Gasteiger partial charge in [-0.1, -0.05) is 108 Å². The zero-order valence-electron chi connectivity index (χ0n) is 29.1. The average molecular weight is 663 g/mol. The molecule has 0 bridgehead atoms. The molecule has 0 aromatic heterocycles. The van der Waals surface area contributed by atoms with E-state index in [0.29, 0.717) is 19.3 Å². The van der Waals surface area contributed by atoms with E-state index >= 15 is 0 Å². The van der Waals surface area contributed by atoms with Gasteiger partial charge < -0.3 is 26.0 Å². The van der Waals surface area contributed by atoms with Crippen LogP contribution < -0.4 is 21.3 Å². The van der Waals surface area contributed by atoms with Gasteiger partial charge in [0, 0.05) is 12.8 Å². The van der Waals surface area contributed by atoms with Crippen molar-refractivity contribution in [3.05, 3.63) is 71.8 Å². The molecule has 3 rings (SSSR count). The fourth-order valence-electron chi connectivity index (χ4n) is 5.86. The summed E-state index contributed by atoms with van der Waals surface area (Å²) >= 11 is 0. The van der Waals surface area contributed by atoms with Crippen LogP contribution >= 0.6 is 0 Å². The van der Waals surface area contributed by atoms with Gasteiger partial charge in [-0.25, -0.2) is 4.79 Å². The lowest BCUT2D eigenvalue weighted by atomic mass is 9.98. The molecule has 5 unspecified atom stereocenters. The Morgan fingerprint density at radius 1 is 0.625 bits per heavy atom. The predicted octanol–water partition coefficient (Wildman–Crippen LogP) is 4.40. The maximum Gasteiger partial charge on any atom is 0.329 e. The third-order valence-corrected chi connectivity index (χ3v) is 8.32. The van der Waals surface area contributed by atoms with E-state index in [1.807, 2.05) is 88.4 Å². The second-order valence-corrected chi connectivity index (χ2v) is 13.7. The van der Waals surface area contributed by atoms with Crippen LogP contribution in [0, 0.1) is 11.8 Å². The van der Waals surface area contributed by atoms with Gasteiger partial charge in [-0.3, -0.25) is 19.2 Å². The Bertz CT molecular complexity index is 1330. The number of rotatable bonds is 12. The van der Waals surface area contributed by atoms with Crippen molar-refractivity contribution in [2.75, 3.05) is 0 Å². The molecule has 10 heteroatoms. The summed E-state index contributed by atoms with van der Waals surface area (Å²) < 4.78 is 5.96. The summed E-state index contributed by atoms with van der Waals surface area (Å²) in [6, 6.07) is 14.6. The molecule has 1 heterocycles. The minimum Gasteiger partial charge on any atom is -0.460 e. The number of hydrogen-bond donors (Lipinski definition) is 4. The predicted molar refractivity (Wildman–Crippen MR) is 186 cm³/mol. The Morgan fingerprint density at radius 2 is 1.08 bits per heavy atom. The smallest absolute Gasteiger partial charge is 0.329 e. The van der Waals surface area contributed by atoms with Crippen molar-refractivity contribution >= 4 is 29.6 Å². The lowest BCUT2D eigenvalue weighted by Gasteiger charge is -2.29. The maximum absolute atomic E-state index is 13.9. The summed E-state index contributed by atoms with van der Waals surface area (Å²) in [7, 11) is 0. The van der Waals surface area contributed by atoms with Crippen LogP contribution in [0.25, 0.3) is 0 Å². The van der Waals surface area contributed by atoms with Crippen molar-refractivity contribution in [3.8, 4) is 0 Å². The maximum atomic E-state index is 13.9. The van der Waals surface area contributed by atoms with Crippen LogP contribution in [0.5, 0.6) is 0 Å². The van der Waals surface area contributed by atoms with E-state index in [1.165, 1.54) is 0 Å². The van der Waals surface area contributed by atoms with Crippen molar-refractivity contribution in [2.45, 2.75) is 123 Å². The van der Waals surface area contributed by atoms with Crippen LogP contribution in [-0.4, -0.2) is 59.9 Å². The molecule has 10 nitrogen and oxygen atoms in total. The van der Waals surface area contributed by atoms with Gasteiger partial charge in [-0.15, -0.1) is 0 Å². The molecule has 5 atom stereocenters. The number of nitrogens with one attached hydrogen (secondary N) is 4. The first kappa shape index (κ1) is 38.2. The first-order valence-electron chi connectivity index (χ1n) is 17.4. The monoisotopic (exact) mass is 662 g/mol. The number of benzene rings is 2. The first-order valence-corrected chi connectivity index (χ1v) is 17.4.